The van der Waals surface area contributed by atoms with E-state index in [1.807, 2.05) is 41.3 Å². The predicted molar refractivity (Wildman–Crippen MR) is 121 cm³/mol. The number of imidazole rings is 1. The van der Waals surface area contributed by atoms with E-state index in [4.69, 9.17) is 16.6 Å². The van der Waals surface area contributed by atoms with Crippen molar-refractivity contribution in [2.24, 2.45) is 5.92 Å². The molecule has 0 radical (unpaired) electrons. The van der Waals surface area contributed by atoms with Gasteiger partial charge in [-0.15, -0.1) is 0 Å². The zero-order valence-electron chi connectivity index (χ0n) is 17.1. The lowest BCUT2D eigenvalue weighted by Crippen LogP contribution is -2.49. The van der Waals surface area contributed by atoms with Crippen LogP contribution in [0.3, 0.4) is 0 Å². The molecular weight excluding hydrogens is 398 g/mol. The molecule has 0 saturated carbocycles. The van der Waals surface area contributed by atoms with Crippen LogP contribution in [0.1, 0.15) is 6.42 Å². The highest BCUT2D eigenvalue weighted by molar-refractivity contribution is 6.33. The number of aromatic nitrogens is 2. The second-order valence-electron chi connectivity index (χ2n) is 8.33. The lowest BCUT2D eigenvalue weighted by molar-refractivity contribution is -0.136. The van der Waals surface area contributed by atoms with Gasteiger partial charge in [0.15, 0.2) is 0 Å². The number of hydrogen-bond acceptors (Lipinski definition) is 4. The Labute approximate surface area is 181 Å². The maximum absolute atomic E-state index is 13.0. The van der Waals surface area contributed by atoms with Gasteiger partial charge in [-0.25, -0.2) is 4.98 Å². The summed E-state index contributed by atoms with van der Waals surface area (Å²) in [7, 11) is 2.11. The molecule has 1 aromatic heterocycles. The summed E-state index contributed by atoms with van der Waals surface area (Å²) in [5.74, 6) is 1.14. The molecule has 1 N–H and O–H groups in total. The molecule has 2 aliphatic heterocycles. The van der Waals surface area contributed by atoms with Crippen molar-refractivity contribution in [3.05, 3.63) is 47.5 Å². The molecule has 0 aliphatic carbocycles. The third-order valence-electron chi connectivity index (χ3n) is 6.31. The van der Waals surface area contributed by atoms with Crippen LogP contribution >= 0.6 is 11.6 Å². The molecule has 0 bridgehead atoms. The third kappa shape index (κ3) is 3.66. The van der Waals surface area contributed by atoms with Gasteiger partial charge in [-0.2, -0.15) is 0 Å². The molecule has 7 heteroatoms. The van der Waals surface area contributed by atoms with E-state index in [1.54, 1.807) is 0 Å². The Hall–Kier alpha value is -2.57. The van der Waals surface area contributed by atoms with Gasteiger partial charge < -0.3 is 19.7 Å². The monoisotopic (exact) mass is 423 g/mol. The van der Waals surface area contributed by atoms with Gasteiger partial charge in [0.1, 0.15) is 5.82 Å². The van der Waals surface area contributed by atoms with Gasteiger partial charge in [-0.05, 0) is 43.8 Å². The van der Waals surface area contributed by atoms with Crippen LogP contribution in [0.15, 0.2) is 42.5 Å². The summed E-state index contributed by atoms with van der Waals surface area (Å²) in [4.78, 5) is 27.6. The largest absolute Gasteiger partial charge is 0.371 e. The summed E-state index contributed by atoms with van der Waals surface area (Å²) in [6.07, 6.45) is 0.897. The number of carbonyl (C=O) groups excluding carboxylic acids is 1. The van der Waals surface area contributed by atoms with Crippen molar-refractivity contribution >= 4 is 34.2 Å². The van der Waals surface area contributed by atoms with Gasteiger partial charge in [-0.3, -0.25) is 4.79 Å². The number of nitrogens with zero attached hydrogens (tertiary/aromatic N) is 4. The van der Waals surface area contributed by atoms with Crippen molar-refractivity contribution < 1.29 is 4.79 Å². The minimum atomic E-state index is 0.0683. The van der Waals surface area contributed by atoms with Crippen molar-refractivity contribution in [3.8, 4) is 11.4 Å². The normalized spacial score (nSPS) is 20.3. The summed E-state index contributed by atoms with van der Waals surface area (Å²) in [5.41, 5.74) is 3.89. The van der Waals surface area contributed by atoms with Crippen LogP contribution in [0.2, 0.25) is 5.02 Å². The number of piperazine rings is 1. The van der Waals surface area contributed by atoms with E-state index in [2.05, 4.69) is 27.9 Å². The first kappa shape index (κ1) is 19.4. The number of hydrogen-bond donors (Lipinski definition) is 1. The highest BCUT2D eigenvalue weighted by atomic mass is 35.5. The lowest BCUT2D eigenvalue weighted by atomic mass is 10.1. The molecule has 1 unspecified atom stereocenters. The first-order valence-electron chi connectivity index (χ1n) is 10.6. The molecule has 0 spiro atoms. The minimum absolute atomic E-state index is 0.0683. The van der Waals surface area contributed by atoms with E-state index in [-0.39, 0.29) is 5.92 Å². The Bertz CT molecular complexity index is 1040. The molecule has 2 aliphatic rings. The standard InChI is InChI=1S/C23H26ClN5O/c1-27-10-12-28(13-11-27)23(30)16-8-9-29(15-16)17-6-7-19(24)18(14-17)22-25-20-4-2-3-5-21(20)26-22/h2-7,14,16H,8-13,15H2,1H3,(H,25,26). The molecule has 2 aromatic carbocycles. The summed E-state index contributed by atoms with van der Waals surface area (Å²) < 4.78 is 0. The molecule has 2 fully saturated rings. The topological polar surface area (TPSA) is 55.5 Å². The minimum Gasteiger partial charge on any atom is -0.371 e. The molecule has 2 saturated heterocycles. The summed E-state index contributed by atoms with van der Waals surface area (Å²) in [6, 6.07) is 14.0. The smallest absolute Gasteiger partial charge is 0.227 e. The molecule has 6 nitrogen and oxygen atoms in total. The fourth-order valence-electron chi connectivity index (χ4n) is 4.45. The maximum Gasteiger partial charge on any atom is 0.227 e. The fourth-order valence-corrected chi connectivity index (χ4v) is 4.66. The van der Waals surface area contributed by atoms with Gasteiger partial charge in [0.05, 0.1) is 22.0 Å². The number of fused-ring (bicyclic) bond motifs is 1. The Morgan fingerprint density at radius 3 is 2.70 bits per heavy atom. The van der Waals surface area contributed by atoms with Crippen molar-refractivity contribution in [3.63, 3.8) is 0 Å². The number of para-hydroxylation sites is 2. The van der Waals surface area contributed by atoms with E-state index in [1.165, 1.54) is 0 Å². The Kier molecular flexibility index (Phi) is 5.13. The molecule has 1 amide bonds. The van der Waals surface area contributed by atoms with Gasteiger partial charge in [0.2, 0.25) is 5.91 Å². The quantitative estimate of drug-likeness (QED) is 0.700. The summed E-state index contributed by atoms with van der Waals surface area (Å²) in [6.45, 7) is 5.23. The highest BCUT2D eigenvalue weighted by Gasteiger charge is 2.32. The molecular formula is C23H26ClN5O. The number of halogens is 1. The SMILES string of the molecule is CN1CCN(C(=O)C2CCN(c3ccc(Cl)c(-c4nc5ccccc5[nH]4)c3)C2)CC1. The number of amides is 1. The van der Waals surface area contributed by atoms with Crippen LogP contribution in [0.5, 0.6) is 0 Å². The number of likely N-dealkylation sites (N-methyl/N-ethyl adjacent to an activating group) is 1. The van der Waals surface area contributed by atoms with Crippen LogP contribution in [-0.4, -0.2) is 72.0 Å². The number of carbonyl (C=O) groups is 1. The lowest BCUT2D eigenvalue weighted by Gasteiger charge is -2.34. The van der Waals surface area contributed by atoms with E-state index in [0.29, 0.717) is 10.9 Å². The van der Waals surface area contributed by atoms with E-state index < -0.39 is 0 Å². The second-order valence-corrected chi connectivity index (χ2v) is 8.73. The van der Waals surface area contributed by atoms with Gasteiger partial charge in [0.25, 0.3) is 0 Å². The van der Waals surface area contributed by atoms with Crippen LogP contribution in [0.25, 0.3) is 22.4 Å². The predicted octanol–water partition coefficient (Wildman–Crippen LogP) is 3.48. The third-order valence-corrected chi connectivity index (χ3v) is 6.64. The van der Waals surface area contributed by atoms with Gasteiger partial charge in [0, 0.05) is 50.5 Å². The molecule has 3 aromatic rings. The van der Waals surface area contributed by atoms with Crippen LogP contribution in [0, 0.1) is 5.92 Å². The van der Waals surface area contributed by atoms with Crippen LogP contribution < -0.4 is 4.90 Å². The number of benzene rings is 2. The number of anilines is 1. The molecule has 156 valence electrons. The first-order valence-corrected chi connectivity index (χ1v) is 10.9. The van der Waals surface area contributed by atoms with Crippen LogP contribution in [0.4, 0.5) is 5.69 Å². The average molecular weight is 424 g/mol. The molecule has 1 atom stereocenters. The summed E-state index contributed by atoms with van der Waals surface area (Å²) in [5, 5.41) is 0.669. The second kappa shape index (κ2) is 7.93. The first-order chi connectivity index (χ1) is 14.6. The Balaban J connectivity index is 1.34. The summed E-state index contributed by atoms with van der Waals surface area (Å²) >= 11 is 6.51. The van der Waals surface area contributed by atoms with Crippen LogP contribution in [-0.2, 0) is 4.79 Å². The molecule has 3 heterocycles. The Morgan fingerprint density at radius 1 is 1.10 bits per heavy atom. The van der Waals surface area contributed by atoms with Crippen molar-refractivity contribution in [1.29, 1.82) is 0 Å². The highest BCUT2D eigenvalue weighted by Crippen LogP contribution is 2.33. The molecule has 5 rings (SSSR count). The zero-order chi connectivity index (χ0) is 20.7. The Morgan fingerprint density at radius 2 is 1.90 bits per heavy atom. The average Bonchev–Trinajstić information content (AvgIpc) is 3.41. The van der Waals surface area contributed by atoms with E-state index >= 15 is 0 Å². The zero-order valence-corrected chi connectivity index (χ0v) is 17.9. The van der Waals surface area contributed by atoms with Crippen molar-refractivity contribution in [2.45, 2.75) is 6.42 Å². The van der Waals surface area contributed by atoms with Gasteiger partial charge >= 0.3 is 0 Å². The number of H-pyrrole nitrogens is 1. The number of aromatic amines is 1. The van der Waals surface area contributed by atoms with Crippen molar-refractivity contribution in [2.75, 3.05) is 51.2 Å². The van der Waals surface area contributed by atoms with E-state index in [9.17, 15) is 4.79 Å². The number of nitrogens with one attached hydrogen (secondary N) is 1. The fraction of sp³-hybridized carbons (Fsp3) is 0.391. The molecule has 30 heavy (non-hydrogen) atoms. The van der Waals surface area contributed by atoms with Gasteiger partial charge in [-0.1, -0.05) is 23.7 Å². The van der Waals surface area contributed by atoms with E-state index in [0.717, 1.165) is 73.8 Å². The number of rotatable bonds is 3. The maximum atomic E-state index is 13.0. The van der Waals surface area contributed by atoms with Crippen molar-refractivity contribution in [1.82, 2.24) is 19.8 Å².